The van der Waals surface area contributed by atoms with Gasteiger partial charge in [-0.05, 0) is 24.3 Å². The number of rotatable bonds is 7. The molecule has 2 aromatic carbocycles. The van der Waals surface area contributed by atoms with Gasteiger partial charge in [0.2, 0.25) is 10.0 Å². The van der Waals surface area contributed by atoms with Gasteiger partial charge in [-0.3, -0.25) is 4.90 Å². The number of para-hydroxylation sites is 1. The van der Waals surface area contributed by atoms with Gasteiger partial charge in [-0.1, -0.05) is 24.3 Å². The Labute approximate surface area is 209 Å². The molecule has 3 rings (SSSR count). The molecular formula is C22H24F4N2O8S. The SMILES string of the molecule is O=C(O)C(=O)O.O=S(=O)(c1ccccc1C(F)(F)F)N1CCN(CC(O)COc2ccccc2F)CC1. The van der Waals surface area contributed by atoms with Gasteiger partial charge in [-0.25, -0.2) is 22.4 Å². The van der Waals surface area contributed by atoms with Crippen LogP contribution < -0.4 is 4.74 Å². The number of aliphatic hydroxyl groups excluding tert-OH is 1. The molecule has 1 atom stereocenters. The van der Waals surface area contributed by atoms with Gasteiger partial charge in [0.05, 0.1) is 10.5 Å². The monoisotopic (exact) mass is 552 g/mol. The van der Waals surface area contributed by atoms with Crippen LogP contribution in [0.2, 0.25) is 0 Å². The van der Waals surface area contributed by atoms with Gasteiger partial charge in [0, 0.05) is 32.7 Å². The zero-order valence-corrected chi connectivity index (χ0v) is 20.0. The minimum atomic E-state index is -4.78. The second-order valence-electron chi connectivity index (χ2n) is 7.70. The molecule has 3 N–H and O–H groups in total. The van der Waals surface area contributed by atoms with Crippen molar-refractivity contribution in [1.29, 1.82) is 0 Å². The zero-order valence-electron chi connectivity index (χ0n) is 19.1. The van der Waals surface area contributed by atoms with Crippen molar-refractivity contribution in [3.05, 3.63) is 59.9 Å². The first-order valence-electron chi connectivity index (χ1n) is 10.6. The Balaban J connectivity index is 0.000000717. The van der Waals surface area contributed by atoms with E-state index in [-0.39, 0.29) is 45.1 Å². The van der Waals surface area contributed by atoms with Gasteiger partial charge in [-0.2, -0.15) is 17.5 Å². The lowest BCUT2D eigenvalue weighted by atomic mass is 10.2. The van der Waals surface area contributed by atoms with Crippen molar-refractivity contribution in [2.75, 3.05) is 39.3 Å². The maximum absolute atomic E-state index is 13.5. The summed E-state index contributed by atoms with van der Waals surface area (Å²) < 4.78 is 85.0. The summed E-state index contributed by atoms with van der Waals surface area (Å²) in [5.74, 6) is -4.18. The maximum Gasteiger partial charge on any atom is 0.417 e. The lowest BCUT2D eigenvalue weighted by Gasteiger charge is -2.35. The Hall–Kier alpha value is -3.27. The summed E-state index contributed by atoms with van der Waals surface area (Å²) in [6.45, 7) is 0.416. The van der Waals surface area contributed by atoms with E-state index in [9.17, 15) is 31.1 Å². The largest absolute Gasteiger partial charge is 0.488 e. The number of aliphatic hydroxyl groups is 1. The molecule has 0 aromatic heterocycles. The van der Waals surface area contributed by atoms with Gasteiger partial charge < -0.3 is 20.1 Å². The van der Waals surface area contributed by atoms with Crippen molar-refractivity contribution < 1.29 is 55.6 Å². The fourth-order valence-electron chi connectivity index (χ4n) is 3.32. The Bertz CT molecular complexity index is 1170. The van der Waals surface area contributed by atoms with Crippen LogP contribution in [0.1, 0.15) is 5.56 Å². The highest BCUT2D eigenvalue weighted by Gasteiger charge is 2.39. The van der Waals surface area contributed by atoms with E-state index < -0.39 is 50.5 Å². The number of nitrogens with zero attached hydrogens (tertiary/aromatic N) is 2. The second-order valence-corrected chi connectivity index (χ2v) is 9.61. The molecule has 0 amide bonds. The molecular weight excluding hydrogens is 528 g/mol. The van der Waals surface area contributed by atoms with E-state index in [0.29, 0.717) is 0 Å². The average molecular weight is 552 g/mol. The van der Waals surface area contributed by atoms with Crippen LogP contribution in [-0.2, 0) is 25.8 Å². The van der Waals surface area contributed by atoms with Crippen LogP contribution in [-0.4, -0.2) is 90.3 Å². The highest BCUT2D eigenvalue weighted by Crippen LogP contribution is 2.35. The summed E-state index contributed by atoms with van der Waals surface area (Å²) in [7, 11) is -4.32. The number of benzene rings is 2. The van der Waals surface area contributed by atoms with Crippen LogP contribution in [0.5, 0.6) is 5.75 Å². The molecule has 37 heavy (non-hydrogen) atoms. The maximum atomic E-state index is 13.5. The van der Waals surface area contributed by atoms with Gasteiger partial charge in [0.25, 0.3) is 0 Å². The van der Waals surface area contributed by atoms with Crippen molar-refractivity contribution in [2.24, 2.45) is 0 Å². The van der Waals surface area contributed by atoms with Gasteiger partial charge in [0.15, 0.2) is 11.6 Å². The first-order valence-corrected chi connectivity index (χ1v) is 12.1. The third kappa shape index (κ3) is 8.66. The van der Waals surface area contributed by atoms with Crippen LogP contribution in [0.15, 0.2) is 53.4 Å². The fourth-order valence-corrected chi connectivity index (χ4v) is 4.95. The minimum Gasteiger partial charge on any atom is -0.488 e. The van der Waals surface area contributed by atoms with E-state index in [1.165, 1.54) is 24.3 Å². The fraction of sp³-hybridized carbons (Fsp3) is 0.364. The van der Waals surface area contributed by atoms with Crippen molar-refractivity contribution in [3.8, 4) is 5.75 Å². The third-order valence-electron chi connectivity index (χ3n) is 5.06. The molecule has 10 nitrogen and oxygen atoms in total. The summed E-state index contributed by atoms with van der Waals surface area (Å²) in [4.78, 5) is 19.2. The number of β-amino-alcohol motifs (C(OH)–C–C–N with tert-alkyl or cyclic N) is 1. The molecule has 1 aliphatic rings. The second kappa shape index (κ2) is 12.8. The van der Waals surface area contributed by atoms with Crippen molar-refractivity contribution in [2.45, 2.75) is 17.2 Å². The highest BCUT2D eigenvalue weighted by atomic mass is 32.2. The van der Waals surface area contributed by atoms with Crippen molar-refractivity contribution in [1.82, 2.24) is 9.21 Å². The first kappa shape index (κ1) is 30.0. The van der Waals surface area contributed by atoms with Crippen LogP contribution in [0.3, 0.4) is 0 Å². The summed E-state index contributed by atoms with van der Waals surface area (Å²) in [5, 5.41) is 24.9. The molecule has 204 valence electrons. The molecule has 1 saturated heterocycles. The van der Waals surface area contributed by atoms with Crippen LogP contribution in [0, 0.1) is 5.82 Å². The lowest BCUT2D eigenvalue weighted by Crippen LogP contribution is -2.51. The smallest absolute Gasteiger partial charge is 0.417 e. The minimum absolute atomic E-state index is 0.0146. The van der Waals surface area contributed by atoms with E-state index in [0.717, 1.165) is 22.5 Å². The zero-order chi connectivity index (χ0) is 27.8. The van der Waals surface area contributed by atoms with Gasteiger partial charge in [-0.15, -0.1) is 0 Å². The Kier molecular flexibility index (Phi) is 10.4. The van der Waals surface area contributed by atoms with E-state index >= 15 is 0 Å². The normalized spacial score (nSPS) is 15.8. The van der Waals surface area contributed by atoms with Crippen LogP contribution in [0.4, 0.5) is 17.6 Å². The highest BCUT2D eigenvalue weighted by molar-refractivity contribution is 7.89. The quantitative estimate of drug-likeness (QED) is 0.346. The van der Waals surface area contributed by atoms with Gasteiger partial charge in [0.1, 0.15) is 12.7 Å². The number of alkyl halides is 3. The number of carboxylic acid groups (broad SMARTS) is 2. The number of ether oxygens (including phenoxy) is 1. The standard InChI is InChI=1S/C20H22F4N2O4S.C2H2O4/c21-17-6-2-3-7-18(17)30-14-15(27)13-25-9-11-26(12-10-25)31(28,29)19-8-4-1-5-16(19)20(22,23)24;3-1(4)2(5)6/h1-8,15,27H,9-14H2;(H,3,4)(H,5,6). The number of piperazine rings is 1. The van der Waals surface area contributed by atoms with Gasteiger partial charge >= 0.3 is 18.1 Å². The van der Waals surface area contributed by atoms with Crippen molar-refractivity contribution in [3.63, 3.8) is 0 Å². The summed E-state index contributed by atoms with van der Waals surface area (Å²) >= 11 is 0. The molecule has 2 aromatic rings. The van der Waals surface area contributed by atoms with E-state index in [4.69, 9.17) is 24.5 Å². The molecule has 1 fully saturated rings. The molecule has 1 aliphatic heterocycles. The lowest BCUT2D eigenvalue weighted by molar-refractivity contribution is -0.159. The Morgan fingerprint density at radius 3 is 2.03 bits per heavy atom. The molecule has 0 spiro atoms. The summed E-state index contributed by atoms with van der Waals surface area (Å²) in [6, 6.07) is 9.88. The Morgan fingerprint density at radius 1 is 0.946 bits per heavy atom. The summed E-state index contributed by atoms with van der Waals surface area (Å²) in [6.07, 6.45) is -5.73. The third-order valence-corrected chi connectivity index (χ3v) is 7.02. The van der Waals surface area contributed by atoms with E-state index in [2.05, 4.69) is 0 Å². The molecule has 0 saturated carbocycles. The molecule has 0 radical (unpaired) electrons. The number of aliphatic carboxylic acids is 2. The number of halogens is 4. The topological polar surface area (TPSA) is 145 Å². The predicted molar refractivity (Wildman–Crippen MR) is 120 cm³/mol. The van der Waals surface area contributed by atoms with Crippen LogP contribution >= 0.6 is 0 Å². The van der Waals surface area contributed by atoms with Crippen LogP contribution in [0.25, 0.3) is 0 Å². The molecule has 0 bridgehead atoms. The number of hydrogen-bond acceptors (Lipinski definition) is 7. The molecule has 1 unspecified atom stereocenters. The molecule has 15 heteroatoms. The number of carbonyl (C=O) groups is 2. The predicted octanol–water partition coefficient (Wildman–Crippen LogP) is 1.75. The van der Waals surface area contributed by atoms with E-state index in [1.807, 2.05) is 0 Å². The summed E-state index contributed by atoms with van der Waals surface area (Å²) in [5.41, 5.74) is -1.20. The first-order chi connectivity index (χ1) is 17.2. The number of carboxylic acids is 2. The Morgan fingerprint density at radius 2 is 1.49 bits per heavy atom. The number of hydrogen-bond donors (Lipinski definition) is 3. The van der Waals surface area contributed by atoms with E-state index in [1.54, 1.807) is 11.0 Å². The average Bonchev–Trinajstić information content (AvgIpc) is 2.83. The molecule has 1 heterocycles. The molecule has 0 aliphatic carbocycles. The van der Waals surface area contributed by atoms with Crippen molar-refractivity contribution >= 4 is 22.0 Å². The number of sulfonamides is 1.